The molecule has 0 fully saturated rings. The molecule has 0 aliphatic carbocycles. The molecule has 5 heteroatoms. The molecule has 0 amide bonds. The summed E-state index contributed by atoms with van der Waals surface area (Å²) in [7, 11) is 0. The van der Waals surface area contributed by atoms with Crippen molar-refractivity contribution < 1.29 is 77.3 Å². The molecule has 0 heterocycles. The van der Waals surface area contributed by atoms with Gasteiger partial charge in [-0.05, 0) is 0 Å². The summed E-state index contributed by atoms with van der Waals surface area (Å²) in [5, 5.41) is 7.32. The van der Waals surface area contributed by atoms with Crippen LogP contribution in [0.25, 0.3) is 0 Å². The van der Waals surface area contributed by atoms with Gasteiger partial charge in [-0.1, -0.05) is 0 Å². The fraction of sp³-hybridized carbons (Fsp3) is 0. The van der Waals surface area contributed by atoms with Gasteiger partial charge in [-0.15, -0.1) is 0 Å². The molecule has 0 saturated carbocycles. The molecule has 0 spiro atoms. The Kier molecular flexibility index (Phi) is 69.2. The summed E-state index contributed by atoms with van der Waals surface area (Å²) in [6.07, 6.45) is 0. The van der Waals surface area contributed by atoms with Gasteiger partial charge in [0.1, 0.15) is 0 Å². The topological polar surface area (TPSA) is 23.8 Å². The van der Waals surface area contributed by atoms with E-state index >= 15 is 0 Å². The first-order valence-corrected chi connectivity index (χ1v) is 10.1. The molecule has 0 N–H and O–H groups in total. The molecule has 0 aromatic heterocycles. The summed E-state index contributed by atoms with van der Waals surface area (Å²) in [6, 6.07) is 0. The molecular weight excluding hydrogens is 444 g/mol. The van der Waals surface area contributed by atoms with E-state index in [1.54, 1.807) is 4.37 Å². The Hall–Kier alpha value is 2.37. The van der Waals surface area contributed by atoms with Crippen molar-refractivity contribution in [2.75, 3.05) is 0 Å². The normalized spacial score (nSPS) is 1.67. The molecule has 0 saturated heterocycles. The van der Waals surface area contributed by atoms with Gasteiger partial charge in [-0.25, -0.2) is 0 Å². The number of rotatable bonds is 0. The number of hydrogen-bond donors (Lipinski definition) is 0. The molecule has 0 aliphatic heterocycles. The summed E-state index contributed by atoms with van der Waals surface area (Å²) in [5.41, 5.74) is 0. The zero-order chi connectivity index (χ0) is 4.71. The Morgan fingerprint density at radius 2 is 1.67 bits per heavy atom. The largest absolute Gasteiger partial charge is 0 e. The quantitative estimate of drug-likeness (QED) is 0.484. The third kappa shape index (κ3) is 32.7. The van der Waals surface area contributed by atoms with Crippen LogP contribution in [-0.4, -0.2) is 0 Å². The molecule has 0 bridgehead atoms. The monoisotopic (exact) mass is 446 g/mol. The molecular formula is CMoNNbTaTi. The zero-order valence-corrected chi connectivity index (χ0v) is 11.7. The van der Waals surface area contributed by atoms with E-state index < -0.39 is 0 Å². The van der Waals surface area contributed by atoms with Crippen LogP contribution in [0.2, 0.25) is 0 Å². The second-order valence-corrected chi connectivity index (χ2v) is 0.461. The second kappa shape index (κ2) is 26.3. The van der Waals surface area contributed by atoms with Gasteiger partial charge < -0.3 is 0 Å². The Morgan fingerprint density at radius 3 is 1.67 bits per heavy atom. The Morgan fingerprint density at radius 1 is 1.67 bits per heavy atom. The molecule has 0 aromatic rings. The van der Waals surface area contributed by atoms with E-state index in [0.29, 0.717) is 0 Å². The molecule has 0 unspecified atom stereocenters. The van der Waals surface area contributed by atoms with E-state index in [-0.39, 0.29) is 22.4 Å². The van der Waals surface area contributed by atoms with Crippen molar-refractivity contribution in [2.24, 2.45) is 0 Å². The maximum atomic E-state index is 7.32. The first-order valence-electron chi connectivity index (χ1n) is 0.656. The van der Waals surface area contributed by atoms with E-state index in [4.69, 9.17) is 5.26 Å². The van der Waals surface area contributed by atoms with E-state index in [0.717, 1.165) is 0 Å². The second-order valence-electron chi connectivity index (χ2n) is 0.112. The van der Waals surface area contributed by atoms with Crippen molar-refractivity contribution in [1.29, 1.82) is 5.26 Å². The van der Waals surface area contributed by atoms with E-state index in [1.807, 2.05) is 0 Å². The first kappa shape index (κ1) is 15.8. The molecule has 1 nitrogen and oxygen atoms in total. The fourth-order valence-corrected chi connectivity index (χ4v) is 0. The molecule has 0 aromatic carbocycles. The summed E-state index contributed by atoms with van der Waals surface area (Å²) >= 11 is 4.95. The smallest absolute Gasteiger partial charge is 0 e. The standard InChI is InChI=1S/CN.Mo.Nb.Ta.Ti/c1-2;;;;. The van der Waals surface area contributed by atoms with E-state index in [1.165, 1.54) is 38.4 Å². The van der Waals surface area contributed by atoms with Gasteiger partial charge in [0.25, 0.3) is 0 Å². The van der Waals surface area contributed by atoms with Crippen LogP contribution in [0.15, 0.2) is 0 Å². The average molecular weight is 444 g/mol. The molecule has 6 heavy (non-hydrogen) atoms. The van der Waals surface area contributed by atoms with Crippen LogP contribution >= 0.6 is 0 Å². The van der Waals surface area contributed by atoms with E-state index in [2.05, 4.69) is 16.5 Å². The number of hydrogen-bond acceptors (Lipinski definition) is 1. The summed E-state index contributed by atoms with van der Waals surface area (Å²) in [6.45, 7) is 0. The van der Waals surface area contributed by atoms with Gasteiger partial charge in [-0.3, -0.25) is 0 Å². The first-order chi connectivity index (χ1) is 2.41. The van der Waals surface area contributed by atoms with Crippen molar-refractivity contribution in [3.05, 3.63) is 0 Å². The predicted octanol–water partition coefficient (Wildman–Crippen LogP) is 0.00678. The van der Waals surface area contributed by atoms with Crippen molar-refractivity contribution in [3.8, 4) is 4.37 Å². The van der Waals surface area contributed by atoms with Crippen LogP contribution < -0.4 is 0 Å². The van der Waals surface area contributed by atoms with E-state index in [9.17, 15) is 0 Å². The minimum Gasteiger partial charge on any atom is 0 e. The predicted molar refractivity (Wildman–Crippen MR) is 5.61 cm³/mol. The van der Waals surface area contributed by atoms with Gasteiger partial charge in [0.15, 0.2) is 0 Å². The molecule has 0 atom stereocenters. The average Bonchev–Trinajstić information content (AvgIpc) is 1.46. The van der Waals surface area contributed by atoms with Crippen LogP contribution in [0.4, 0.5) is 0 Å². The van der Waals surface area contributed by atoms with Crippen molar-refractivity contribution in [1.82, 2.24) is 0 Å². The summed E-state index contributed by atoms with van der Waals surface area (Å²) in [5.74, 6) is 0. The molecule has 1 radical (unpaired) electrons. The van der Waals surface area contributed by atoms with Gasteiger partial charge in [-0.2, -0.15) is 0 Å². The molecule has 0 rings (SSSR count). The van der Waals surface area contributed by atoms with Gasteiger partial charge >= 0.3 is 64.5 Å². The van der Waals surface area contributed by atoms with Crippen LogP contribution in [0.5, 0.6) is 0 Å². The summed E-state index contributed by atoms with van der Waals surface area (Å²) < 4.78 is 1.75. The third-order valence-corrected chi connectivity index (χ3v) is 0. The van der Waals surface area contributed by atoms with Crippen LogP contribution in [0.3, 0.4) is 0 Å². The third-order valence-electron chi connectivity index (χ3n) is 0. The van der Waals surface area contributed by atoms with Crippen molar-refractivity contribution >= 4 is 0 Å². The molecule has 0 aliphatic rings. The fourth-order valence-electron chi connectivity index (χ4n) is 0. The van der Waals surface area contributed by atoms with Gasteiger partial charge in [0.2, 0.25) is 0 Å². The SMILES string of the molecule is N#[C][Ti].[Mo][Ta].[Nb]. The Bertz CT molecular complexity index is 37.0. The van der Waals surface area contributed by atoms with Gasteiger partial charge in [0, 0.05) is 22.4 Å². The minimum absolute atomic E-state index is 0. The van der Waals surface area contributed by atoms with Crippen molar-refractivity contribution in [3.63, 3.8) is 0 Å². The number of nitriles is 1. The van der Waals surface area contributed by atoms with Crippen LogP contribution in [0, 0.1) is 9.64 Å². The summed E-state index contributed by atoms with van der Waals surface area (Å²) in [4.78, 5) is 0. The molecule has 29 valence electrons. The Labute approximate surface area is 85.3 Å². The minimum atomic E-state index is 0. The van der Waals surface area contributed by atoms with Crippen LogP contribution in [-0.2, 0) is 77.3 Å². The Balaban J connectivity index is -0.0000000275. The van der Waals surface area contributed by atoms with Crippen molar-refractivity contribution in [2.45, 2.75) is 0 Å². The maximum Gasteiger partial charge on any atom is 0 e. The van der Waals surface area contributed by atoms with Gasteiger partial charge in [0.05, 0.1) is 0 Å². The van der Waals surface area contributed by atoms with Crippen LogP contribution in [0.1, 0.15) is 0 Å². The maximum absolute atomic E-state index is 7.32. The zero-order valence-electron chi connectivity index (χ0n) is 2.75. The number of nitrogens with zero attached hydrogens (tertiary/aromatic N) is 1.